The standard InChI is InChI=1S/C16H18N2OS/c1-17(2)11-5-7-13-15(9-11)20-16-10-12(19-4)6-8-14(16)18(13)3/h5-10H,1-4H3. The Morgan fingerprint density at radius 3 is 2.30 bits per heavy atom. The van der Waals surface area contributed by atoms with Gasteiger partial charge in [-0.1, -0.05) is 11.8 Å². The van der Waals surface area contributed by atoms with Crippen LogP contribution < -0.4 is 14.5 Å². The van der Waals surface area contributed by atoms with Crippen LogP contribution in [-0.4, -0.2) is 28.3 Å². The molecule has 3 nitrogen and oxygen atoms in total. The molecule has 0 aliphatic carbocycles. The van der Waals surface area contributed by atoms with Crippen LogP contribution in [0.5, 0.6) is 5.75 Å². The summed E-state index contributed by atoms with van der Waals surface area (Å²) in [7, 11) is 7.95. The number of hydrogen-bond donors (Lipinski definition) is 0. The van der Waals surface area contributed by atoms with Crippen molar-refractivity contribution in [1.82, 2.24) is 0 Å². The molecule has 0 bridgehead atoms. The highest BCUT2D eigenvalue weighted by molar-refractivity contribution is 7.99. The molecule has 0 aromatic heterocycles. The molecule has 2 aromatic carbocycles. The summed E-state index contributed by atoms with van der Waals surface area (Å²) in [6.07, 6.45) is 0. The lowest BCUT2D eigenvalue weighted by Gasteiger charge is -2.30. The molecule has 0 amide bonds. The molecule has 0 spiro atoms. The van der Waals surface area contributed by atoms with Crippen LogP contribution in [0.25, 0.3) is 0 Å². The molecule has 4 heteroatoms. The highest BCUT2D eigenvalue weighted by Gasteiger charge is 2.21. The number of ether oxygens (including phenoxy) is 1. The van der Waals surface area contributed by atoms with E-state index in [1.54, 1.807) is 18.9 Å². The summed E-state index contributed by atoms with van der Waals surface area (Å²) in [5.74, 6) is 0.900. The molecular weight excluding hydrogens is 268 g/mol. The molecule has 0 radical (unpaired) electrons. The fraction of sp³-hybridized carbons (Fsp3) is 0.250. The van der Waals surface area contributed by atoms with Gasteiger partial charge in [-0.2, -0.15) is 0 Å². The zero-order valence-electron chi connectivity index (χ0n) is 12.2. The molecule has 0 unspecified atom stereocenters. The van der Waals surface area contributed by atoms with Gasteiger partial charge in [0, 0.05) is 36.6 Å². The van der Waals surface area contributed by atoms with E-state index >= 15 is 0 Å². The van der Waals surface area contributed by atoms with E-state index in [2.05, 4.69) is 61.3 Å². The van der Waals surface area contributed by atoms with Gasteiger partial charge in [-0.15, -0.1) is 0 Å². The monoisotopic (exact) mass is 286 g/mol. The van der Waals surface area contributed by atoms with Crippen molar-refractivity contribution >= 4 is 28.8 Å². The quantitative estimate of drug-likeness (QED) is 0.829. The van der Waals surface area contributed by atoms with E-state index in [0.717, 1.165) is 5.75 Å². The van der Waals surface area contributed by atoms with Crippen LogP contribution >= 0.6 is 11.8 Å². The SMILES string of the molecule is COc1ccc2c(c1)Sc1cc(N(C)C)ccc1N2C. The molecule has 104 valence electrons. The maximum atomic E-state index is 5.33. The lowest BCUT2D eigenvalue weighted by atomic mass is 10.2. The fourth-order valence-electron chi connectivity index (χ4n) is 2.37. The third-order valence-electron chi connectivity index (χ3n) is 3.57. The molecule has 0 N–H and O–H groups in total. The van der Waals surface area contributed by atoms with E-state index in [1.165, 1.54) is 26.9 Å². The van der Waals surface area contributed by atoms with Crippen molar-refractivity contribution in [2.24, 2.45) is 0 Å². The van der Waals surface area contributed by atoms with Gasteiger partial charge < -0.3 is 14.5 Å². The first kappa shape index (κ1) is 13.2. The van der Waals surface area contributed by atoms with Crippen molar-refractivity contribution in [3.8, 4) is 5.75 Å². The minimum absolute atomic E-state index is 0.900. The Morgan fingerprint density at radius 1 is 1.00 bits per heavy atom. The zero-order valence-corrected chi connectivity index (χ0v) is 13.0. The molecule has 0 saturated heterocycles. The Hall–Kier alpha value is -1.81. The number of methoxy groups -OCH3 is 1. The van der Waals surface area contributed by atoms with Crippen LogP contribution in [0.15, 0.2) is 46.2 Å². The lowest BCUT2D eigenvalue weighted by Crippen LogP contribution is -2.15. The van der Waals surface area contributed by atoms with E-state index in [9.17, 15) is 0 Å². The minimum Gasteiger partial charge on any atom is -0.497 e. The second-order valence-electron chi connectivity index (χ2n) is 5.04. The molecule has 1 heterocycles. The Balaban J connectivity index is 2.07. The lowest BCUT2D eigenvalue weighted by molar-refractivity contribution is 0.413. The van der Waals surface area contributed by atoms with Gasteiger partial charge in [-0.25, -0.2) is 0 Å². The van der Waals surface area contributed by atoms with Crippen molar-refractivity contribution in [3.05, 3.63) is 36.4 Å². The molecule has 20 heavy (non-hydrogen) atoms. The molecular formula is C16H18N2OS. The first-order valence-electron chi connectivity index (χ1n) is 6.51. The highest BCUT2D eigenvalue weighted by Crippen LogP contribution is 2.49. The normalized spacial score (nSPS) is 12.7. The van der Waals surface area contributed by atoms with E-state index < -0.39 is 0 Å². The Labute approximate surface area is 124 Å². The van der Waals surface area contributed by atoms with Gasteiger partial charge >= 0.3 is 0 Å². The van der Waals surface area contributed by atoms with Crippen molar-refractivity contribution in [1.29, 1.82) is 0 Å². The first-order valence-corrected chi connectivity index (χ1v) is 7.33. The summed E-state index contributed by atoms with van der Waals surface area (Å²) in [4.78, 5) is 6.87. The summed E-state index contributed by atoms with van der Waals surface area (Å²) >= 11 is 1.80. The van der Waals surface area contributed by atoms with Crippen LogP contribution in [0.4, 0.5) is 17.1 Å². The number of nitrogens with zero attached hydrogens (tertiary/aromatic N) is 2. The second kappa shape index (κ2) is 4.94. The zero-order chi connectivity index (χ0) is 14.3. The van der Waals surface area contributed by atoms with Gasteiger partial charge in [0.2, 0.25) is 0 Å². The molecule has 1 aliphatic rings. The molecule has 0 atom stereocenters. The fourth-order valence-corrected chi connectivity index (χ4v) is 3.58. The van der Waals surface area contributed by atoms with Crippen LogP contribution in [0.1, 0.15) is 0 Å². The van der Waals surface area contributed by atoms with Gasteiger partial charge in [-0.05, 0) is 36.4 Å². The van der Waals surface area contributed by atoms with Crippen molar-refractivity contribution in [2.75, 3.05) is 38.1 Å². The van der Waals surface area contributed by atoms with Crippen molar-refractivity contribution in [2.45, 2.75) is 9.79 Å². The molecule has 3 rings (SSSR count). The molecule has 2 aromatic rings. The van der Waals surface area contributed by atoms with Gasteiger partial charge in [-0.3, -0.25) is 0 Å². The largest absolute Gasteiger partial charge is 0.497 e. The second-order valence-corrected chi connectivity index (χ2v) is 6.12. The maximum absolute atomic E-state index is 5.33. The Morgan fingerprint density at radius 2 is 1.65 bits per heavy atom. The summed E-state index contributed by atoms with van der Waals surface area (Å²) < 4.78 is 5.33. The molecule has 0 saturated carbocycles. The first-order chi connectivity index (χ1) is 9.60. The van der Waals surface area contributed by atoms with E-state index in [1.807, 2.05) is 6.07 Å². The van der Waals surface area contributed by atoms with Gasteiger partial charge in [0.15, 0.2) is 0 Å². The average molecular weight is 286 g/mol. The molecule has 0 fully saturated rings. The van der Waals surface area contributed by atoms with Crippen molar-refractivity contribution < 1.29 is 4.74 Å². The maximum Gasteiger partial charge on any atom is 0.120 e. The third kappa shape index (κ3) is 2.10. The van der Waals surface area contributed by atoms with Crippen molar-refractivity contribution in [3.63, 3.8) is 0 Å². The third-order valence-corrected chi connectivity index (χ3v) is 4.66. The number of hydrogen-bond acceptors (Lipinski definition) is 4. The Bertz CT molecular complexity index is 655. The van der Waals surface area contributed by atoms with Crippen LogP contribution in [-0.2, 0) is 0 Å². The number of benzene rings is 2. The van der Waals surface area contributed by atoms with Crippen LogP contribution in [0, 0.1) is 0 Å². The van der Waals surface area contributed by atoms with Gasteiger partial charge in [0.1, 0.15) is 5.75 Å². The highest BCUT2D eigenvalue weighted by atomic mass is 32.2. The molecule has 1 aliphatic heterocycles. The predicted molar refractivity (Wildman–Crippen MR) is 85.9 cm³/mol. The van der Waals surface area contributed by atoms with Crippen LogP contribution in [0.2, 0.25) is 0 Å². The number of rotatable bonds is 2. The minimum atomic E-state index is 0.900. The summed E-state index contributed by atoms with van der Waals surface area (Å²) in [6, 6.07) is 12.8. The van der Waals surface area contributed by atoms with Gasteiger partial charge in [0.25, 0.3) is 0 Å². The summed E-state index contributed by atoms with van der Waals surface area (Å²) in [5, 5.41) is 0. The Kier molecular flexibility index (Phi) is 3.26. The van der Waals surface area contributed by atoms with E-state index in [0.29, 0.717) is 0 Å². The summed E-state index contributed by atoms with van der Waals surface area (Å²) in [6.45, 7) is 0. The number of anilines is 3. The van der Waals surface area contributed by atoms with E-state index in [-0.39, 0.29) is 0 Å². The predicted octanol–water partition coefficient (Wildman–Crippen LogP) is 3.99. The average Bonchev–Trinajstić information content (AvgIpc) is 2.46. The van der Waals surface area contributed by atoms with Crippen LogP contribution in [0.3, 0.4) is 0 Å². The smallest absolute Gasteiger partial charge is 0.120 e. The van der Waals surface area contributed by atoms with E-state index in [4.69, 9.17) is 4.74 Å². The number of fused-ring (bicyclic) bond motifs is 2. The summed E-state index contributed by atoms with van der Waals surface area (Å²) in [5.41, 5.74) is 3.69. The van der Waals surface area contributed by atoms with Gasteiger partial charge in [0.05, 0.1) is 18.5 Å². The topological polar surface area (TPSA) is 15.7 Å².